The number of morpholine rings is 1. The minimum Gasteiger partial charge on any atom is -0.414 e. The number of ether oxygens (including phenoxy) is 1. The molecule has 7 heteroatoms. The van der Waals surface area contributed by atoms with Crippen LogP contribution in [-0.2, 0) is 19.2 Å². The molecule has 5 nitrogen and oxygen atoms in total. The van der Waals surface area contributed by atoms with Crippen molar-refractivity contribution >= 4 is 18.3 Å². The molecule has 1 aromatic carbocycles. The van der Waals surface area contributed by atoms with Crippen LogP contribution in [0.4, 0.5) is 0 Å². The van der Waals surface area contributed by atoms with E-state index in [-0.39, 0.29) is 11.1 Å². The maximum Gasteiger partial charge on any atom is 0.243 e. The van der Waals surface area contributed by atoms with Gasteiger partial charge in [-0.1, -0.05) is 38.5 Å². The fourth-order valence-electron chi connectivity index (χ4n) is 2.39. The third-order valence-corrected chi connectivity index (χ3v) is 11.6. The summed E-state index contributed by atoms with van der Waals surface area (Å²) in [4.78, 5) is 0.337. The lowest BCUT2D eigenvalue weighted by Crippen LogP contribution is -2.49. The molecule has 0 bridgehead atoms. The van der Waals surface area contributed by atoms with Gasteiger partial charge in [-0.15, -0.1) is 0 Å². The van der Waals surface area contributed by atoms with Crippen molar-refractivity contribution in [2.75, 3.05) is 26.3 Å². The Balaban J connectivity index is 2.04. The van der Waals surface area contributed by atoms with E-state index < -0.39 is 18.3 Å². The van der Waals surface area contributed by atoms with Gasteiger partial charge in [-0.2, -0.15) is 4.31 Å². The maximum absolute atomic E-state index is 12.8. The monoisotopic (exact) mass is 385 g/mol. The molecule has 0 radical (unpaired) electrons. The van der Waals surface area contributed by atoms with Crippen molar-refractivity contribution in [3.63, 3.8) is 0 Å². The first kappa shape index (κ1) is 20.6. The highest BCUT2D eigenvalue weighted by atomic mass is 32.2. The number of benzene rings is 1. The van der Waals surface area contributed by atoms with Gasteiger partial charge < -0.3 is 9.16 Å². The van der Waals surface area contributed by atoms with E-state index in [4.69, 9.17) is 9.16 Å². The van der Waals surface area contributed by atoms with E-state index >= 15 is 0 Å². The zero-order valence-corrected chi connectivity index (χ0v) is 18.0. The van der Waals surface area contributed by atoms with Crippen LogP contribution in [-0.4, -0.2) is 53.4 Å². The zero-order chi connectivity index (χ0) is 18.9. The van der Waals surface area contributed by atoms with Crippen LogP contribution in [0.1, 0.15) is 26.3 Å². The van der Waals surface area contributed by atoms with Crippen LogP contribution in [0.3, 0.4) is 0 Å². The van der Waals surface area contributed by atoms with Crippen LogP contribution < -0.4 is 0 Å². The van der Waals surface area contributed by atoms with E-state index in [9.17, 15) is 8.42 Å². The highest BCUT2D eigenvalue weighted by molar-refractivity contribution is 7.89. The smallest absolute Gasteiger partial charge is 0.243 e. The molecule has 0 amide bonds. The van der Waals surface area contributed by atoms with E-state index in [0.29, 0.717) is 31.2 Å². The second kappa shape index (κ2) is 7.48. The molecule has 0 aromatic heterocycles. The van der Waals surface area contributed by atoms with Crippen molar-refractivity contribution in [3.8, 4) is 0 Å². The summed E-state index contributed by atoms with van der Waals surface area (Å²) in [5, 5.41) is 0.120. The highest BCUT2D eigenvalue weighted by Crippen LogP contribution is 2.36. The minimum atomic E-state index is -3.48. The third kappa shape index (κ3) is 4.92. The van der Waals surface area contributed by atoms with E-state index in [2.05, 4.69) is 33.9 Å². The topological polar surface area (TPSA) is 55.8 Å². The molecule has 1 aliphatic heterocycles. The van der Waals surface area contributed by atoms with Gasteiger partial charge in [0.15, 0.2) is 8.32 Å². The van der Waals surface area contributed by atoms with Gasteiger partial charge in [0.2, 0.25) is 10.0 Å². The molecule has 1 aromatic rings. The first-order chi connectivity index (χ1) is 11.4. The van der Waals surface area contributed by atoms with Crippen molar-refractivity contribution in [3.05, 3.63) is 29.8 Å². The van der Waals surface area contributed by atoms with E-state index in [0.717, 1.165) is 5.56 Å². The van der Waals surface area contributed by atoms with Gasteiger partial charge in [-0.05, 0) is 37.2 Å². The van der Waals surface area contributed by atoms with Gasteiger partial charge in [-0.25, -0.2) is 8.42 Å². The molecule has 1 atom stereocenters. The standard InChI is InChI=1S/C18H31NO4SSi/c1-15-7-9-17(10-8-15)24(20,21)19-11-12-22-16(13-19)14-23-25(5,6)18(2,3)4/h7-10,16H,11-14H2,1-6H3. The van der Waals surface area contributed by atoms with E-state index in [1.54, 1.807) is 12.1 Å². The number of nitrogens with zero attached hydrogens (tertiary/aromatic N) is 1. The summed E-state index contributed by atoms with van der Waals surface area (Å²) in [6, 6.07) is 6.99. The Labute approximate surface area is 153 Å². The van der Waals surface area contributed by atoms with Crippen LogP contribution >= 0.6 is 0 Å². The normalized spacial score (nSPS) is 20.6. The fourth-order valence-corrected chi connectivity index (χ4v) is 4.88. The molecule has 0 spiro atoms. The van der Waals surface area contributed by atoms with Crippen LogP contribution in [0.25, 0.3) is 0 Å². The SMILES string of the molecule is Cc1ccc(S(=O)(=O)N2CCOC(CO[Si](C)(C)C(C)(C)C)C2)cc1. The molecule has 142 valence electrons. The van der Waals surface area contributed by atoms with Gasteiger partial charge in [0.25, 0.3) is 0 Å². The minimum absolute atomic E-state index is 0.120. The third-order valence-electron chi connectivity index (χ3n) is 5.20. The van der Waals surface area contributed by atoms with Gasteiger partial charge in [0.05, 0.1) is 24.2 Å². The molecular formula is C18H31NO4SSi. The predicted molar refractivity (Wildman–Crippen MR) is 103 cm³/mol. The Morgan fingerprint density at radius 1 is 1.24 bits per heavy atom. The summed E-state index contributed by atoms with van der Waals surface area (Å²) < 4.78 is 39.2. The lowest BCUT2D eigenvalue weighted by molar-refractivity contribution is -0.0275. The Kier molecular flexibility index (Phi) is 6.16. The van der Waals surface area contributed by atoms with Gasteiger partial charge in [0, 0.05) is 13.1 Å². The molecule has 1 aliphatic rings. The van der Waals surface area contributed by atoms with Gasteiger partial charge in [0.1, 0.15) is 0 Å². The number of aryl methyl sites for hydroxylation is 1. The Morgan fingerprint density at radius 2 is 1.84 bits per heavy atom. The second-order valence-electron chi connectivity index (χ2n) is 8.24. The first-order valence-corrected chi connectivity index (χ1v) is 13.1. The molecule has 0 N–H and O–H groups in total. The second-order valence-corrected chi connectivity index (χ2v) is 15.0. The summed E-state index contributed by atoms with van der Waals surface area (Å²) >= 11 is 0. The summed E-state index contributed by atoms with van der Waals surface area (Å²) in [7, 11) is -5.36. The van der Waals surface area contributed by atoms with Crippen LogP contribution in [0.5, 0.6) is 0 Å². The summed E-state index contributed by atoms with van der Waals surface area (Å²) in [5.74, 6) is 0. The van der Waals surface area contributed by atoms with Crippen LogP contribution in [0.15, 0.2) is 29.2 Å². The van der Waals surface area contributed by atoms with Crippen LogP contribution in [0, 0.1) is 6.92 Å². The Hall–Kier alpha value is -0.733. The average Bonchev–Trinajstić information content (AvgIpc) is 2.53. The fraction of sp³-hybridized carbons (Fsp3) is 0.667. The predicted octanol–water partition coefficient (Wildman–Crippen LogP) is 3.41. The molecular weight excluding hydrogens is 354 g/mol. The van der Waals surface area contributed by atoms with Gasteiger partial charge >= 0.3 is 0 Å². The lowest BCUT2D eigenvalue weighted by Gasteiger charge is -2.39. The molecule has 1 unspecified atom stereocenters. The Morgan fingerprint density at radius 3 is 2.40 bits per heavy atom. The molecule has 0 aliphatic carbocycles. The van der Waals surface area contributed by atoms with Crippen LogP contribution in [0.2, 0.25) is 18.1 Å². The average molecular weight is 386 g/mol. The number of hydrogen-bond acceptors (Lipinski definition) is 4. The maximum atomic E-state index is 12.8. The van der Waals surface area contributed by atoms with Crippen molar-refractivity contribution in [2.45, 2.75) is 56.8 Å². The molecule has 2 rings (SSSR count). The van der Waals surface area contributed by atoms with E-state index in [1.807, 2.05) is 19.1 Å². The molecule has 1 heterocycles. The number of hydrogen-bond donors (Lipinski definition) is 0. The molecule has 1 saturated heterocycles. The zero-order valence-electron chi connectivity index (χ0n) is 16.2. The summed E-state index contributed by atoms with van der Waals surface area (Å²) in [6.07, 6.45) is -0.219. The quantitative estimate of drug-likeness (QED) is 0.729. The molecule has 0 saturated carbocycles. The highest BCUT2D eigenvalue weighted by Gasteiger charge is 2.39. The molecule has 1 fully saturated rings. The largest absolute Gasteiger partial charge is 0.414 e. The van der Waals surface area contributed by atoms with Crippen molar-refractivity contribution in [1.82, 2.24) is 4.31 Å². The van der Waals surface area contributed by atoms with Crippen molar-refractivity contribution in [1.29, 1.82) is 0 Å². The first-order valence-electron chi connectivity index (χ1n) is 8.76. The Bertz CT molecular complexity index is 680. The summed E-state index contributed by atoms with van der Waals surface area (Å²) in [6.45, 7) is 14.5. The number of sulfonamides is 1. The van der Waals surface area contributed by atoms with Crippen molar-refractivity contribution < 1.29 is 17.6 Å². The molecule has 25 heavy (non-hydrogen) atoms. The van der Waals surface area contributed by atoms with Gasteiger partial charge in [-0.3, -0.25) is 0 Å². The number of rotatable bonds is 5. The van der Waals surface area contributed by atoms with E-state index in [1.165, 1.54) is 4.31 Å². The summed E-state index contributed by atoms with van der Waals surface area (Å²) in [5.41, 5.74) is 1.04. The lowest BCUT2D eigenvalue weighted by atomic mass is 10.2. The van der Waals surface area contributed by atoms with Crippen molar-refractivity contribution in [2.24, 2.45) is 0 Å².